The second-order valence-electron chi connectivity index (χ2n) is 2.90. The zero-order valence-electron chi connectivity index (χ0n) is 7.52. The van der Waals surface area contributed by atoms with Crippen LogP contribution < -0.4 is 0 Å². The van der Waals surface area contributed by atoms with E-state index in [1.54, 1.807) is 6.20 Å². The Labute approximate surface area is 91.2 Å². The first kappa shape index (κ1) is 9.34. The van der Waals surface area contributed by atoms with Gasteiger partial charge in [-0.05, 0) is 12.1 Å². The minimum atomic E-state index is 0.802. The molecule has 0 bridgehead atoms. The molecule has 0 saturated carbocycles. The van der Waals surface area contributed by atoms with Crippen LogP contribution in [0, 0.1) is 0 Å². The SMILES string of the molecule is Brc1ccc(C2=CN=CCC=N2)cc1. The number of rotatable bonds is 1. The van der Waals surface area contributed by atoms with Gasteiger partial charge in [0.2, 0.25) is 0 Å². The second kappa shape index (κ2) is 4.33. The summed E-state index contributed by atoms with van der Waals surface area (Å²) in [5, 5.41) is 0. The molecule has 2 rings (SSSR count). The van der Waals surface area contributed by atoms with Crippen molar-refractivity contribution in [3.05, 3.63) is 40.5 Å². The molecule has 2 nitrogen and oxygen atoms in total. The Hall–Kier alpha value is -1.22. The summed E-state index contributed by atoms with van der Waals surface area (Å²) in [6.45, 7) is 0. The number of halogens is 1. The van der Waals surface area contributed by atoms with Crippen LogP contribution in [0.4, 0.5) is 0 Å². The highest BCUT2D eigenvalue weighted by molar-refractivity contribution is 9.10. The summed E-state index contributed by atoms with van der Waals surface area (Å²) in [4.78, 5) is 8.45. The standard InChI is InChI=1S/C11H9BrN2/c12-10-4-2-9(3-5-10)11-8-13-6-1-7-14-11/h2-8H,1H2. The van der Waals surface area contributed by atoms with Crippen LogP contribution in [-0.2, 0) is 0 Å². The summed E-state index contributed by atoms with van der Waals surface area (Å²) < 4.78 is 1.07. The van der Waals surface area contributed by atoms with Crippen molar-refractivity contribution in [1.82, 2.24) is 0 Å². The quantitative estimate of drug-likeness (QED) is 0.729. The first-order valence-electron chi connectivity index (χ1n) is 4.36. The van der Waals surface area contributed by atoms with E-state index in [1.165, 1.54) is 0 Å². The van der Waals surface area contributed by atoms with Gasteiger partial charge in [0, 0.05) is 28.9 Å². The third-order valence-corrected chi connectivity index (χ3v) is 2.41. The molecule has 0 aromatic heterocycles. The topological polar surface area (TPSA) is 24.7 Å². The molecular weight excluding hydrogens is 240 g/mol. The van der Waals surface area contributed by atoms with Crippen LogP contribution in [0.3, 0.4) is 0 Å². The molecule has 1 aliphatic heterocycles. The van der Waals surface area contributed by atoms with Gasteiger partial charge in [0.15, 0.2) is 0 Å². The second-order valence-corrected chi connectivity index (χ2v) is 3.82. The number of nitrogens with zero attached hydrogens (tertiary/aromatic N) is 2. The zero-order valence-corrected chi connectivity index (χ0v) is 9.11. The van der Waals surface area contributed by atoms with E-state index in [9.17, 15) is 0 Å². The summed E-state index contributed by atoms with van der Waals surface area (Å²) in [7, 11) is 0. The van der Waals surface area contributed by atoms with Crippen molar-refractivity contribution >= 4 is 34.1 Å². The third-order valence-electron chi connectivity index (χ3n) is 1.88. The van der Waals surface area contributed by atoms with Crippen LogP contribution >= 0.6 is 15.9 Å². The molecule has 3 heteroatoms. The van der Waals surface area contributed by atoms with Crippen LogP contribution in [0.1, 0.15) is 12.0 Å². The van der Waals surface area contributed by atoms with Gasteiger partial charge in [-0.2, -0.15) is 0 Å². The molecule has 0 atom stereocenters. The van der Waals surface area contributed by atoms with E-state index < -0.39 is 0 Å². The number of benzene rings is 1. The highest BCUT2D eigenvalue weighted by Crippen LogP contribution is 2.19. The van der Waals surface area contributed by atoms with Gasteiger partial charge in [0.1, 0.15) is 0 Å². The maximum Gasteiger partial charge on any atom is 0.0880 e. The molecule has 1 aliphatic rings. The molecule has 0 N–H and O–H groups in total. The number of hydrogen-bond acceptors (Lipinski definition) is 2. The van der Waals surface area contributed by atoms with Crippen molar-refractivity contribution in [1.29, 1.82) is 0 Å². The maximum atomic E-state index is 4.32. The zero-order chi connectivity index (χ0) is 9.80. The first-order chi connectivity index (χ1) is 6.86. The third kappa shape index (κ3) is 2.17. The van der Waals surface area contributed by atoms with Crippen molar-refractivity contribution in [2.75, 3.05) is 0 Å². The van der Waals surface area contributed by atoms with E-state index in [4.69, 9.17) is 0 Å². The Morgan fingerprint density at radius 1 is 1.07 bits per heavy atom. The van der Waals surface area contributed by atoms with Gasteiger partial charge in [-0.1, -0.05) is 28.1 Å². The van der Waals surface area contributed by atoms with Crippen molar-refractivity contribution in [2.24, 2.45) is 9.98 Å². The van der Waals surface area contributed by atoms with E-state index >= 15 is 0 Å². The molecule has 1 heterocycles. The molecule has 0 aliphatic carbocycles. The summed E-state index contributed by atoms with van der Waals surface area (Å²) >= 11 is 3.40. The Balaban J connectivity index is 2.34. The average molecular weight is 249 g/mol. The molecular formula is C11H9BrN2. The molecule has 0 unspecified atom stereocenters. The van der Waals surface area contributed by atoms with Crippen LogP contribution in [0.2, 0.25) is 0 Å². The molecule has 0 fully saturated rings. The number of aliphatic imine (C=N–C) groups is 2. The summed E-state index contributed by atoms with van der Waals surface area (Å²) in [5.41, 5.74) is 2.00. The van der Waals surface area contributed by atoms with Crippen LogP contribution in [0.25, 0.3) is 5.70 Å². The van der Waals surface area contributed by atoms with Crippen LogP contribution in [-0.4, -0.2) is 12.4 Å². The van der Waals surface area contributed by atoms with E-state index in [0.717, 1.165) is 22.2 Å². The van der Waals surface area contributed by atoms with Crippen molar-refractivity contribution in [2.45, 2.75) is 6.42 Å². The highest BCUT2D eigenvalue weighted by Gasteiger charge is 1.99. The normalized spacial score (nSPS) is 15.1. The van der Waals surface area contributed by atoms with E-state index in [0.29, 0.717) is 0 Å². The molecule has 0 saturated heterocycles. The van der Waals surface area contributed by atoms with Gasteiger partial charge in [0.25, 0.3) is 0 Å². The van der Waals surface area contributed by atoms with Crippen molar-refractivity contribution in [3.63, 3.8) is 0 Å². The largest absolute Gasteiger partial charge is 0.266 e. The lowest BCUT2D eigenvalue weighted by Gasteiger charge is -1.99. The molecule has 0 spiro atoms. The molecule has 1 aromatic carbocycles. The molecule has 0 radical (unpaired) electrons. The Bertz CT molecular complexity index is 402. The van der Waals surface area contributed by atoms with Gasteiger partial charge in [-0.15, -0.1) is 0 Å². The summed E-state index contributed by atoms with van der Waals surface area (Å²) in [6, 6.07) is 8.04. The minimum Gasteiger partial charge on any atom is -0.266 e. The van der Waals surface area contributed by atoms with E-state index in [1.807, 2.05) is 36.7 Å². The molecule has 1 aromatic rings. The smallest absolute Gasteiger partial charge is 0.0880 e. The van der Waals surface area contributed by atoms with Gasteiger partial charge in [0.05, 0.1) is 11.9 Å². The highest BCUT2D eigenvalue weighted by atomic mass is 79.9. The molecule has 14 heavy (non-hydrogen) atoms. The lowest BCUT2D eigenvalue weighted by Crippen LogP contribution is -1.80. The lowest BCUT2D eigenvalue weighted by molar-refractivity contribution is 1.46. The first-order valence-corrected chi connectivity index (χ1v) is 5.16. The predicted molar refractivity (Wildman–Crippen MR) is 63.7 cm³/mol. The van der Waals surface area contributed by atoms with Crippen LogP contribution in [0.15, 0.2) is 44.9 Å². The lowest BCUT2D eigenvalue weighted by atomic mass is 10.2. The van der Waals surface area contributed by atoms with E-state index in [2.05, 4.69) is 25.9 Å². The fourth-order valence-electron chi connectivity index (χ4n) is 1.19. The monoisotopic (exact) mass is 248 g/mol. The minimum absolute atomic E-state index is 0.802. The Morgan fingerprint density at radius 2 is 1.86 bits per heavy atom. The maximum absolute atomic E-state index is 4.32. The van der Waals surface area contributed by atoms with E-state index in [-0.39, 0.29) is 0 Å². The predicted octanol–water partition coefficient (Wildman–Crippen LogP) is 3.29. The van der Waals surface area contributed by atoms with Crippen molar-refractivity contribution in [3.8, 4) is 0 Å². The molecule has 0 amide bonds. The summed E-state index contributed by atoms with van der Waals surface area (Å²) in [5.74, 6) is 0. The fraction of sp³-hybridized carbons (Fsp3) is 0.0909. The average Bonchev–Trinajstić information content (AvgIpc) is 2.47. The number of hydrogen-bond donors (Lipinski definition) is 0. The Morgan fingerprint density at radius 3 is 2.64 bits per heavy atom. The van der Waals surface area contributed by atoms with Gasteiger partial charge < -0.3 is 0 Å². The Kier molecular flexibility index (Phi) is 2.89. The van der Waals surface area contributed by atoms with Gasteiger partial charge >= 0.3 is 0 Å². The van der Waals surface area contributed by atoms with Crippen molar-refractivity contribution < 1.29 is 0 Å². The fourth-order valence-corrected chi connectivity index (χ4v) is 1.45. The van der Waals surface area contributed by atoms with Gasteiger partial charge in [-0.3, -0.25) is 9.98 Å². The molecule has 70 valence electrons. The van der Waals surface area contributed by atoms with Crippen LogP contribution in [0.5, 0.6) is 0 Å². The summed E-state index contributed by atoms with van der Waals surface area (Å²) in [6.07, 6.45) is 6.29. The van der Waals surface area contributed by atoms with Gasteiger partial charge in [-0.25, -0.2) is 0 Å².